The number of aromatic amines is 1. The highest BCUT2D eigenvalue weighted by Gasteiger charge is 2.47. The molecule has 0 aromatic carbocycles. The van der Waals surface area contributed by atoms with Crippen LogP contribution in [0.2, 0.25) is 0 Å². The molecule has 3 aromatic heterocycles. The van der Waals surface area contributed by atoms with Gasteiger partial charge in [0.2, 0.25) is 5.88 Å². The average molecular weight is 624 g/mol. The lowest BCUT2D eigenvalue weighted by Gasteiger charge is -2.52. The molecule has 13 heteroatoms. The highest BCUT2D eigenvalue weighted by molar-refractivity contribution is 5.83. The molecular weight excluding hydrogens is 583 g/mol. The fourth-order valence-electron chi connectivity index (χ4n) is 7.63. The number of hydrogen-bond acceptors (Lipinski definition) is 9. The van der Waals surface area contributed by atoms with Gasteiger partial charge in [0, 0.05) is 75.1 Å². The molecular formula is C32H40F3N9O. The summed E-state index contributed by atoms with van der Waals surface area (Å²) >= 11 is 0. The van der Waals surface area contributed by atoms with Crippen LogP contribution in [0.3, 0.4) is 0 Å². The maximum atomic E-state index is 13.7. The molecule has 0 radical (unpaired) electrons. The van der Waals surface area contributed by atoms with E-state index in [2.05, 4.69) is 54.7 Å². The third-order valence-electron chi connectivity index (χ3n) is 9.70. The van der Waals surface area contributed by atoms with Crippen LogP contribution in [0.15, 0.2) is 48.1 Å². The minimum atomic E-state index is -4.53. The van der Waals surface area contributed by atoms with Crippen LogP contribution in [0.1, 0.15) is 56.0 Å². The van der Waals surface area contributed by atoms with Crippen LogP contribution in [0.25, 0.3) is 11.0 Å². The van der Waals surface area contributed by atoms with Crippen molar-refractivity contribution in [3.8, 4) is 5.88 Å². The number of likely N-dealkylation sites (tertiary alicyclic amines) is 2. The Kier molecular flexibility index (Phi) is 7.71. The van der Waals surface area contributed by atoms with E-state index in [9.17, 15) is 13.2 Å². The van der Waals surface area contributed by atoms with Gasteiger partial charge in [-0.05, 0) is 48.6 Å². The smallest absolute Gasteiger partial charge is 0.433 e. The zero-order valence-electron chi connectivity index (χ0n) is 25.6. The highest BCUT2D eigenvalue weighted by atomic mass is 19.4. The molecule has 0 amide bonds. The number of nitrogens with zero attached hydrogens (tertiary/aromatic N) is 7. The topological polar surface area (TPSA) is 112 Å². The summed E-state index contributed by atoms with van der Waals surface area (Å²) in [6, 6.07) is 5.39. The van der Waals surface area contributed by atoms with Crippen molar-refractivity contribution < 1.29 is 17.9 Å². The molecule has 3 fully saturated rings. The highest BCUT2D eigenvalue weighted by Crippen LogP contribution is 2.41. The first-order chi connectivity index (χ1) is 21.6. The fourth-order valence-corrected chi connectivity index (χ4v) is 7.63. The number of H-pyrrole nitrogens is 1. The van der Waals surface area contributed by atoms with Crippen LogP contribution in [-0.2, 0) is 12.7 Å². The maximum Gasteiger partial charge on any atom is 0.433 e. The van der Waals surface area contributed by atoms with Gasteiger partial charge in [-0.3, -0.25) is 14.8 Å². The fraction of sp³-hybridized carbons (Fsp3) is 0.562. The number of halogens is 3. The second-order valence-electron chi connectivity index (χ2n) is 13.7. The molecule has 1 aliphatic carbocycles. The molecule has 1 saturated carbocycles. The number of aromatic nitrogens is 4. The van der Waals surface area contributed by atoms with Crippen LogP contribution in [0.5, 0.6) is 5.88 Å². The van der Waals surface area contributed by atoms with Crippen molar-refractivity contribution in [1.82, 2.24) is 34.7 Å². The number of piperidine rings is 1. The van der Waals surface area contributed by atoms with Crippen LogP contribution in [-0.4, -0.2) is 91.9 Å². The second-order valence-corrected chi connectivity index (χ2v) is 13.7. The first-order valence-electron chi connectivity index (χ1n) is 15.7. The summed E-state index contributed by atoms with van der Waals surface area (Å²) in [4.78, 5) is 20.5. The van der Waals surface area contributed by atoms with E-state index in [0.717, 1.165) is 74.8 Å². The molecule has 3 N–H and O–H groups in total. The summed E-state index contributed by atoms with van der Waals surface area (Å²) in [5.41, 5.74) is 7.58. The molecule has 3 unspecified atom stereocenters. The van der Waals surface area contributed by atoms with Crippen molar-refractivity contribution >= 4 is 17.2 Å². The predicted molar refractivity (Wildman–Crippen MR) is 164 cm³/mol. The van der Waals surface area contributed by atoms with Gasteiger partial charge in [-0.25, -0.2) is 15.0 Å². The largest absolute Gasteiger partial charge is 0.474 e. The molecule has 45 heavy (non-hydrogen) atoms. The molecule has 3 aliphatic heterocycles. The van der Waals surface area contributed by atoms with Crippen LogP contribution < -0.4 is 10.5 Å². The van der Waals surface area contributed by atoms with Gasteiger partial charge in [-0.2, -0.15) is 18.3 Å². The zero-order chi connectivity index (χ0) is 31.3. The van der Waals surface area contributed by atoms with E-state index in [-0.39, 0.29) is 35.3 Å². The SMILES string of the molecule is CC1(C)CN(Cc2cc(OC3CCN(C4C[C@H](N5CC(c6ncnc7[nH]ccc67)C=N5)C4/C=C/N)CC3)nc(C(F)(F)F)c2)C1. The Labute approximate surface area is 260 Å². The molecule has 3 aromatic rings. The summed E-state index contributed by atoms with van der Waals surface area (Å²) in [7, 11) is 0. The predicted octanol–water partition coefficient (Wildman–Crippen LogP) is 4.37. The standard InChI is InChI=1S/C32H40F3N9O/c1-31(2)17-42(18-31)15-20-11-27(32(33,34)35)41-28(12-20)45-22-5-9-43(10-6-22)25-13-26(23(25)3-7-36)44-16-21(14-40-44)29-24-4-8-37-30(24)39-19-38-29/h3-4,7-8,11-12,14,19,21-23,25-26H,5-6,9-10,13,15-18,36H2,1-2H3,(H,37,38,39)/b7-3+/t21?,23?,25?,26-/m0/s1. The molecule has 2 saturated heterocycles. The molecule has 7 rings (SSSR count). The van der Waals surface area contributed by atoms with Crippen molar-refractivity contribution in [3.05, 3.63) is 60.0 Å². The summed E-state index contributed by atoms with van der Waals surface area (Å²) in [6.45, 7) is 8.84. The van der Waals surface area contributed by atoms with E-state index >= 15 is 0 Å². The van der Waals surface area contributed by atoms with Gasteiger partial charge < -0.3 is 15.5 Å². The van der Waals surface area contributed by atoms with Crippen LogP contribution in [0.4, 0.5) is 13.2 Å². The summed E-state index contributed by atoms with van der Waals surface area (Å²) in [6.07, 6.45) is 6.84. The average Bonchev–Trinajstić information content (AvgIpc) is 3.65. The minimum absolute atomic E-state index is 0.0627. The van der Waals surface area contributed by atoms with Gasteiger partial charge >= 0.3 is 6.18 Å². The maximum absolute atomic E-state index is 13.7. The van der Waals surface area contributed by atoms with Crippen molar-refractivity contribution in [2.75, 3.05) is 32.7 Å². The lowest BCUT2D eigenvalue weighted by Crippen LogP contribution is -2.61. The lowest BCUT2D eigenvalue weighted by atomic mass is 9.72. The van der Waals surface area contributed by atoms with Crippen molar-refractivity contribution in [2.45, 2.75) is 69.9 Å². The number of ether oxygens (including phenoxy) is 1. The zero-order valence-corrected chi connectivity index (χ0v) is 25.6. The Morgan fingerprint density at radius 3 is 2.67 bits per heavy atom. The number of alkyl halides is 3. The number of fused-ring (bicyclic) bond motifs is 1. The van der Waals surface area contributed by atoms with Crippen molar-refractivity contribution in [2.24, 2.45) is 22.2 Å². The number of nitrogens with one attached hydrogen (secondary N) is 1. The number of pyridine rings is 1. The van der Waals surface area contributed by atoms with E-state index < -0.39 is 11.9 Å². The van der Waals surface area contributed by atoms with E-state index in [1.54, 1.807) is 18.6 Å². The van der Waals surface area contributed by atoms with Crippen molar-refractivity contribution in [3.63, 3.8) is 0 Å². The number of rotatable bonds is 8. The van der Waals surface area contributed by atoms with Gasteiger partial charge in [-0.15, -0.1) is 0 Å². The molecule has 4 aliphatic rings. The third kappa shape index (κ3) is 6.11. The third-order valence-corrected chi connectivity index (χ3v) is 9.70. The molecule has 10 nitrogen and oxygen atoms in total. The molecule has 4 atom stereocenters. The van der Waals surface area contributed by atoms with Gasteiger partial charge in [0.05, 0.1) is 17.7 Å². The second kappa shape index (κ2) is 11.6. The van der Waals surface area contributed by atoms with Gasteiger partial charge in [0.1, 0.15) is 23.8 Å². The Morgan fingerprint density at radius 2 is 1.93 bits per heavy atom. The summed E-state index contributed by atoms with van der Waals surface area (Å²) in [5.74, 6) is 0.372. The summed E-state index contributed by atoms with van der Waals surface area (Å²) in [5, 5.41) is 7.96. The quantitative estimate of drug-likeness (QED) is 0.381. The Bertz CT molecular complexity index is 1570. The molecule has 0 spiro atoms. The first-order valence-corrected chi connectivity index (χ1v) is 15.7. The molecule has 6 heterocycles. The van der Waals surface area contributed by atoms with Crippen LogP contribution in [0, 0.1) is 11.3 Å². The monoisotopic (exact) mass is 623 g/mol. The summed E-state index contributed by atoms with van der Waals surface area (Å²) < 4.78 is 47.2. The van der Waals surface area contributed by atoms with E-state index in [4.69, 9.17) is 15.6 Å². The minimum Gasteiger partial charge on any atom is -0.474 e. The Balaban J connectivity index is 0.954. The van der Waals surface area contributed by atoms with E-state index in [1.165, 1.54) is 0 Å². The first kappa shape index (κ1) is 30.0. The lowest BCUT2D eigenvalue weighted by molar-refractivity contribution is -0.141. The molecule has 240 valence electrons. The van der Waals surface area contributed by atoms with Crippen molar-refractivity contribution in [1.29, 1.82) is 0 Å². The number of hydrogen-bond donors (Lipinski definition) is 2. The Hall–Kier alpha value is -3.71. The Morgan fingerprint density at radius 1 is 1.13 bits per heavy atom. The normalized spacial score (nSPS) is 27.7. The van der Waals surface area contributed by atoms with Crippen LogP contribution >= 0.6 is 0 Å². The van der Waals surface area contributed by atoms with Gasteiger partial charge in [-0.1, -0.05) is 19.9 Å². The van der Waals surface area contributed by atoms with E-state index in [0.29, 0.717) is 18.2 Å². The van der Waals surface area contributed by atoms with Gasteiger partial charge in [0.25, 0.3) is 0 Å². The number of hydrazone groups is 1. The van der Waals surface area contributed by atoms with E-state index in [1.807, 2.05) is 18.5 Å². The van der Waals surface area contributed by atoms with Gasteiger partial charge in [0.15, 0.2) is 0 Å². The molecule has 0 bridgehead atoms. The number of nitrogens with two attached hydrogens (primary N) is 1.